The van der Waals surface area contributed by atoms with E-state index < -0.39 is 36.7 Å². The molecule has 13 heteroatoms. The molecule has 2 atom stereocenters. The fourth-order valence-corrected chi connectivity index (χ4v) is 5.42. The van der Waals surface area contributed by atoms with Gasteiger partial charge in [-0.1, -0.05) is 12.1 Å². The number of pyridine rings is 2. The highest BCUT2D eigenvalue weighted by Gasteiger charge is 2.45. The summed E-state index contributed by atoms with van der Waals surface area (Å²) in [5.74, 6) is -2.08. The van der Waals surface area contributed by atoms with Crippen LogP contribution in [0, 0.1) is 5.92 Å². The number of piperidine rings is 1. The zero-order valence-corrected chi connectivity index (χ0v) is 21.4. The van der Waals surface area contributed by atoms with Crippen molar-refractivity contribution < 1.29 is 32.6 Å². The van der Waals surface area contributed by atoms with E-state index in [4.69, 9.17) is 15.6 Å². The molecule has 0 aliphatic carbocycles. The Hall–Kier alpha value is -4.13. The maximum absolute atomic E-state index is 13.7. The fraction of sp³-hybridized carbons (Fsp3) is 0.407. The molecule has 2 aliphatic rings. The summed E-state index contributed by atoms with van der Waals surface area (Å²) >= 11 is 0. The number of alkyl halides is 3. The molecule has 4 heterocycles. The van der Waals surface area contributed by atoms with E-state index in [-0.39, 0.29) is 35.7 Å². The Labute approximate surface area is 227 Å². The first-order valence-electron chi connectivity index (χ1n) is 12.9. The van der Waals surface area contributed by atoms with Gasteiger partial charge in [-0.2, -0.15) is 13.2 Å². The van der Waals surface area contributed by atoms with E-state index in [9.17, 15) is 22.8 Å². The van der Waals surface area contributed by atoms with E-state index in [0.29, 0.717) is 24.6 Å². The maximum Gasteiger partial charge on any atom is 0.404 e. The largest absolute Gasteiger partial charge is 0.465 e. The standard InChI is InChI=1S/C27H29F3N6O4/c28-27(29,30)18-11-19(33-26(38)39)14-36(13-18)23-3-6-32-12-22(23)35-25(37)24-20(31)9-17-2-1-16(10-21(17)34-24)15-4-7-40-8-5-15/h1-3,6,9-10,12,15,18-19,33H,4-5,7-8,11,13-14,31H2,(H,35,37)(H,38,39). The van der Waals surface area contributed by atoms with Crippen molar-refractivity contribution in [1.82, 2.24) is 15.3 Å². The highest BCUT2D eigenvalue weighted by atomic mass is 19.4. The van der Waals surface area contributed by atoms with E-state index in [1.165, 1.54) is 23.4 Å². The van der Waals surface area contributed by atoms with Gasteiger partial charge >= 0.3 is 12.3 Å². The molecule has 2 aliphatic heterocycles. The lowest BCUT2D eigenvalue weighted by Crippen LogP contribution is -2.53. The van der Waals surface area contributed by atoms with Gasteiger partial charge in [0.15, 0.2) is 5.69 Å². The summed E-state index contributed by atoms with van der Waals surface area (Å²) in [5, 5.41) is 14.7. The van der Waals surface area contributed by atoms with Crippen molar-refractivity contribution in [3.63, 3.8) is 0 Å². The average molecular weight is 559 g/mol. The van der Waals surface area contributed by atoms with Crippen molar-refractivity contribution in [2.45, 2.75) is 37.4 Å². The van der Waals surface area contributed by atoms with Crippen LogP contribution in [0.1, 0.15) is 41.2 Å². The molecular weight excluding hydrogens is 529 g/mol. The van der Waals surface area contributed by atoms with Gasteiger partial charge in [-0.05, 0) is 48.9 Å². The lowest BCUT2D eigenvalue weighted by Gasteiger charge is -2.40. The van der Waals surface area contributed by atoms with Gasteiger partial charge in [0, 0.05) is 37.9 Å². The van der Waals surface area contributed by atoms with Crippen LogP contribution in [0.2, 0.25) is 0 Å². The van der Waals surface area contributed by atoms with Crippen LogP contribution in [-0.4, -0.2) is 65.6 Å². The molecule has 2 saturated heterocycles. The van der Waals surface area contributed by atoms with Crippen molar-refractivity contribution in [2.24, 2.45) is 5.92 Å². The second-order valence-electron chi connectivity index (χ2n) is 10.1. The number of carboxylic acid groups (broad SMARTS) is 1. The molecule has 1 aromatic carbocycles. The molecule has 5 N–H and O–H groups in total. The minimum Gasteiger partial charge on any atom is -0.465 e. The van der Waals surface area contributed by atoms with Crippen molar-refractivity contribution >= 4 is 40.0 Å². The van der Waals surface area contributed by atoms with Gasteiger partial charge in [-0.25, -0.2) is 9.78 Å². The van der Waals surface area contributed by atoms with Gasteiger partial charge in [0.05, 0.1) is 40.7 Å². The molecule has 2 amide bonds. The van der Waals surface area contributed by atoms with Crippen molar-refractivity contribution in [3.8, 4) is 0 Å². The number of aromatic nitrogens is 2. The van der Waals surface area contributed by atoms with Gasteiger partial charge in [-0.15, -0.1) is 0 Å². The number of hydrogen-bond acceptors (Lipinski definition) is 7. The number of nitrogens with two attached hydrogens (primary N) is 1. The van der Waals surface area contributed by atoms with Gasteiger partial charge in [0.1, 0.15) is 0 Å². The van der Waals surface area contributed by atoms with Crippen molar-refractivity contribution in [3.05, 3.63) is 54.0 Å². The van der Waals surface area contributed by atoms with Crippen molar-refractivity contribution in [1.29, 1.82) is 0 Å². The Balaban J connectivity index is 1.41. The Morgan fingerprint density at radius 2 is 1.90 bits per heavy atom. The molecule has 5 rings (SSSR count). The van der Waals surface area contributed by atoms with Crippen LogP contribution in [0.15, 0.2) is 42.7 Å². The van der Waals surface area contributed by atoms with Crippen LogP contribution in [-0.2, 0) is 4.74 Å². The van der Waals surface area contributed by atoms with E-state index in [1.807, 2.05) is 18.2 Å². The van der Waals surface area contributed by atoms with Gasteiger partial charge in [-0.3, -0.25) is 9.78 Å². The Bertz CT molecular complexity index is 1410. The predicted octanol–water partition coefficient (Wildman–Crippen LogP) is 4.38. The molecule has 0 spiro atoms. The SMILES string of the molecule is Nc1cc2ccc(C3CCOCC3)cc2nc1C(=O)Nc1cnccc1N1CC(NC(=O)O)CC(C(F)(F)F)C1. The summed E-state index contributed by atoms with van der Waals surface area (Å²) in [6.45, 7) is 0.955. The number of hydrogen-bond donors (Lipinski definition) is 4. The van der Waals surface area contributed by atoms with E-state index in [0.717, 1.165) is 23.8 Å². The number of carbonyl (C=O) groups excluding carboxylic acids is 1. The van der Waals surface area contributed by atoms with E-state index in [1.54, 1.807) is 6.07 Å². The lowest BCUT2D eigenvalue weighted by atomic mass is 9.91. The zero-order chi connectivity index (χ0) is 28.4. The molecule has 0 bridgehead atoms. The molecule has 212 valence electrons. The number of amides is 2. The second-order valence-corrected chi connectivity index (χ2v) is 10.1. The zero-order valence-electron chi connectivity index (χ0n) is 21.4. The molecular formula is C27H29F3N6O4. The summed E-state index contributed by atoms with van der Waals surface area (Å²) in [5.41, 5.74) is 8.43. The minimum atomic E-state index is -4.53. The first-order chi connectivity index (χ1) is 19.1. The molecule has 2 fully saturated rings. The Morgan fingerprint density at radius 3 is 2.62 bits per heavy atom. The third kappa shape index (κ3) is 6.03. The van der Waals surface area contributed by atoms with Gasteiger partial charge in [0.25, 0.3) is 5.91 Å². The van der Waals surface area contributed by atoms with Crippen LogP contribution in [0.4, 0.5) is 35.0 Å². The number of anilines is 3. The van der Waals surface area contributed by atoms with Crippen molar-refractivity contribution in [2.75, 3.05) is 42.3 Å². The summed E-state index contributed by atoms with van der Waals surface area (Å²) < 4.78 is 46.5. The van der Waals surface area contributed by atoms with Gasteiger partial charge < -0.3 is 31.1 Å². The lowest BCUT2D eigenvalue weighted by molar-refractivity contribution is -0.177. The van der Waals surface area contributed by atoms with Crippen LogP contribution in [0.3, 0.4) is 0 Å². The number of benzene rings is 1. The van der Waals surface area contributed by atoms with Crippen LogP contribution in [0.5, 0.6) is 0 Å². The Morgan fingerprint density at radius 1 is 1.12 bits per heavy atom. The molecule has 0 saturated carbocycles. The molecule has 0 radical (unpaired) electrons. The maximum atomic E-state index is 13.7. The third-order valence-corrected chi connectivity index (χ3v) is 7.41. The number of ether oxygens (including phenoxy) is 1. The summed E-state index contributed by atoms with van der Waals surface area (Å²) in [6, 6.07) is 8.06. The normalized spacial score (nSPS) is 20.3. The smallest absolute Gasteiger partial charge is 0.404 e. The number of halogens is 3. The number of nitrogens with zero attached hydrogens (tertiary/aromatic N) is 3. The van der Waals surface area contributed by atoms with E-state index >= 15 is 0 Å². The molecule has 10 nitrogen and oxygen atoms in total. The number of nitrogen functional groups attached to an aromatic ring is 1. The quantitative estimate of drug-likeness (QED) is 0.361. The van der Waals surface area contributed by atoms with Crippen LogP contribution >= 0.6 is 0 Å². The average Bonchev–Trinajstić information content (AvgIpc) is 2.92. The fourth-order valence-electron chi connectivity index (χ4n) is 5.42. The summed E-state index contributed by atoms with van der Waals surface area (Å²) in [4.78, 5) is 34.5. The number of carbonyl (C=O) groups is 2. The van der Waals surface area contributed by atoms with Crippen LogP contribution in [0.25, 0.3) is 10.9 Å². The van der Waals surface area contributed by atoms with E-state index in [2.05, 4.69) is 20.6 Å². The second kappa shape index (κ2) is 11.2. The monoisotopic (exact) mass is 558 g/mol. The van der Waals surface area contributed by atoms with Gasteiger partial charge in [0.2, 0.25) is 0 Å². The number of nitrogens with one attached hydrogen (secondary N) is 2. The minimum absolute atomic E-state index is 0.0168. The molecule has 2 aromatic heterocycles. The molecule has 40 heavy (non-hydrogen) atoms. The summed E-state index contributed by atoms with van der Waals surface area (Å²) in [6.07, 6.45) is -1.81. The van der Waals surface area contributed by atoms with Crippen LogP contribution < -0.4 is 21.3 Å². The third-order valence-electron chi connectivity index (χ3n) is 7.41. The molecule has 3 aromatic rings. The summed E-state index contributed by atoms with van der Waals surface area (Å²) in [7, 11) is 0. The number of rotatable bonds is 5. The highest BCUT2D eigenvalue weighted by Crippen LogP contribution is 2.37. The highest BCUT2D eigenvalue weighted by molar-refractivity contribution is 6.09. The topological polar surface area (TPSA) is 143 Å². The molecule has 2 unspecified atom stereocenters. The predicted molar refractivity (Wildman–Crippen MR) is 142 cm³/mol. The first kappa shape index (κ1) is 27.4. The number of fused-ring (bicyclic) bond motifs is 1. The first-order valence-corrected chi connectivity index (χ1v) is 12.9. The Kier molecular flexibility index (Phi) is 7.66.